The molecule has 1 aromatic heterocycles. The first kappa shape index (κ1) is 26.9. The summed E-state index contributed by atoms with van der Waals surface area (Å²) < 4.78 is 41.6. The van der Waals surface area contributed by atoms with E-state index < -0.39 is 41.7 Å². The Balaban J connectivity index is 1.71. The molecule has 0 fully saturated rings. The zero-order valence-corrected chi connectivity index (χ0v) is 21.0. The van der Waals surface area contributed by atoms with E-state index in [4.69, 9.17) is 0 Å². The number of halogens is 3. The van der Waals surface area contributed by atoms with E-state index in [1.54, 1.807) is 38.4 Å². The molecule has 1 aromatic carbocycles. The van der Waals surface area contributed by atoms with Crippen molar-refractivity contribution in [2.24, 2.45) is 5.92 Å². The number of nitrogens with zero attached hydrogens (tertiary/aromatic N) is 3. The van der Waals surface area contributed by atoms with Gasteiger partial charge in [-0.1, -0.05) is 44.2 Å². The van der Waals surface area contributed by atoms with E-state index in [0.29, 0.717) is 0 Å². The van der Waals surface area contributed by atoms with E-state index in [9.17, 15) is 27.6 Å². The van der Waals surface area contributed by atoms with E-state index in [1.807, 2.05) is 0 Å². The lowest BCUT2D eigenvalue weighted by Crippen LogP contribution is -2.51. The van der Waals surface area contributed by atoms with Crippen LogP contribution in [0.1, 0.15) is 36.6 Å². The minimum absolute atomic E-state index is 0.00820. The van der Waals surface area contributed by atoms with Gasteiger partial charge in [0.25, 0.3) is 5.91 Å². The van der Waals surface area contributed by atoms with Gasteiger partial charge in [0, 0.05) is 25.5 Å². The van der Waals surface area contributed by atoms with Crippen molar-refractivity contribution in [2.75, 3.05) is 13.1 Å². The van der Waals surface area contributed by atoms with Gasteiger partial charge in [0.2, 0.25) is 5.91 Å². The molecule has 2 aliphatic rings. The van der Waals surface area contributed by atoms with Crippen LogP contribution in [0.2, 0.25) is 0 Å². The van der Waals surface area contributed by atoms with Crippen LogP contribution < -0.4 is 10.6 Å². The number of rotatable bonds is 8. The molecule has 0 unspecified atom stereocenters. The predicted octanol–water partition coefficient (Wildman–Crippen LogP) is 3.79. The van der Waals surface area contributed by atoms with Crippen molar-refractivity contribution in [3.8, 4) is 0 Å². The SMILES string of the molecule is C=CCN1C(=O)N[C@@H](c2ccccc2C(F)(F)F)C2=C1CN([C@H](C(=O)NCc1cccnc1)C(C)C)C2=O. The van der Waals surface area contributed by atoms with Crippen LogP contribution in [-0.4, -0.2) is 51.8 Å². The van der Waals surface area contributed by atoms with Crippen molar-refractivity contribution in [3.05, 3.63) is 89.4 Å². The average molecular weight is 528 g/mol. The van der Waals surface area contributed by atoms with Crippen LogP contribution in [-0.2, 0) is 22.3 Å². The van der Waals surface area contributed by atoms with Gasteiger partial charge >= 0.3 is 12.2 Å². The van der Waals surface area contributed by atoms with Crippen LogP contribution in [0.5, 0.6) is 0 Å². The number of urea groups is 1. The molecular formula is C27H28F3N5O3. The molecule has 2 atom stereocenters. The lowest BCUT2D eigenvalue weighted by Gasteiger charge is -2.33. The summed E-state index contributed by atoms with van der Waals surface area (Å²) in [6.07, 6.45) is -0.0196. The highest BCUT2D eigenvalue weighted by Gasteiger charge is 2.49. The molecular weight excluding hydrogens is 499 g/mol. The maximum atomic E-state index is 13.9. The fourth-order valence-electron chi connectivity index (χ4n) is 4.90. The molecule has 2 N–H and O–H groups in total. The van der Waals surface area contributed by atoms with Crippen LogP contribution in [0.4, 0.5) is 18.0 Å². The zero-order chi connectivity index (χ0) is 27.6. The van der Waals surface area contributed by atoms with E-state index in [2.05, 4.69) is 22.2 Å². The fourth-order valence-corrected chi connectivity index (χ4v) is 4.90. The van der Waals surface area contributed by atoms with Crippen molar-refractivity contribution in [3.63, 3.8) is 0 Å². The second-order valence-electron chi connectivity index (χ2n) is 9.43. The topological polar surface area (TPSA) is 94.6 Å². The van der Waals surface area contributed by atoms with Crippen LogP contribution >= 0.6 is 0 Å². The molecule has 0 saturated heterocycles. The summed E-state index contributed by atoms with van der Waals surface area (Å²) in [5, 5.41) is 5.40. The third-order valence-corrected chi connectivity index (χ3v) is 6.56. The number of alkyl halides is 3. The Morgan fingerprint density at radius 3 is 2.61 bits per heavy atom. The molecule has 200 valence electrons. The molecule has 0 spiro atoms. The molecule has 4 rings (SSSR count). The molecule has 11 heteroatoms. The highest BCUT2D eigenvalue weighted by atomic mass is 19.4. The maximum Gasteiger partial charge on any atom is 0.416 e. The van der Waals surface area contributed by atoms with E-state index in [1.165, 1.54) is 34.1 Å². The molecule has 0 aliphatic carbocycles. The highest BCUT2D eigenvalue weighted by molar-refractivity contribution is 6.03. The van der Waals surface area contributed by atoms with Crippen molar-refractivity contribution in [2.45, 2.75) is 38.7 Å². The summed E-state index contributed by atoms with van der Waals surface area (Å²) in [6.45, 7) is 7.33. The molecule has 8 nitrogen and oxygen atoms in total. The van der Waals surface area contributed by atoms with Gasteiger partial charge in [-0.25, -0.2) is 4.79 Å². The Kier molecular flexibility index (Phi) is 7.56. The summed E-state index contributed by atoms with van der Waals surface area (Å²) in [7, 11) is 0. The van der Waals surface area contributed by atoms with E-state index >= 15 is 0 Å². The number of aromatic nitrogens is 1. The number of pyridine rings is 1. The van der Waals surface area contributed by atoms with Gasteiger partial charge in [0.1, 0.15) is 6.04 Å². The maximum absolute atomic E-state index is 13.9. The zero-order valence-electron chi connectivity index (χ0n) is 21.0. The smallest absolute Gasteiger partial charge is 0.350 e. The third kappa shape index (κ3) is 5.13. The normalized spacial score (nSPS) is 18.4. The van der Waals surface area contributed by atoms with E-state index in [0.717, 1.165) is 11.6 Å². The Bertz CT molecular complexity index is 1280. The van der Waals surface area contributed by atoms with Crippen molar-refractivity contribution in [1.82, 2.24) is 25.4 Å². The van der Waals surface area contributed by atoms with Gasteiger partial charge in [-0.05, 0) is 29.2 Å². The summed E-state index contributed by atoms with van der Waals surface area (Å²) in [4.78, 5) is 46.8. The summed E-state index contributed by atoms with van der Waals surface area (Å²) in [5.41, 5.74) is -0.156. The van der Waals surface area contributed by atoms with Crippen LogP contribution in [0.25, 0.3) is 0 Å². The molecule has 0 bridgehead atoms. The third-order valence-electron chi connectivity index (χ3n) is 6.56. The molecule has 2 aromatic rings. The van der Waals surface area contributed by atoms with Gasteiger partial charge in [-0.15, -0.1) is 6.58 Å². The van der Waals surface area contributed by atoms with Gasteiger partial charge in [-0.3, -0.25) is 19.5 Å². The molecule has 0 saturated carbocycles. The van der Waals surface area contributed by atoms with Gasteiger partial charge < -0.3 is 15.5 Å². The number of benzene rings is 1. The minimum Gasteiger partial charge on any atom is -0.350 e. The van der Waals surface area contributed by atoms with E-state index in [-0.39, 0.29) is 42.4 Å². The molecule has 0 radical (unpaired) electrons. The molecule has 4 amide bonds. The Hall–Kier alpha value is -4.15. The lowest BCUT2D eigenvalue weighted by atomic mass is 9.91. The second kappa shape index (κ2) is 10.7. The van der Waals surface area contributed by atoms with Crippen LogP contribution in [0.15, 0.2) is 72.7 Å². The molecule has 2 aliphatic heterocycles. The predicted molar refractivity (Wildman–Crippen MR) is 133 cm³/mol. The number of hydrogen-bond acceptors (Lipinski definition) is 4. The van der Waals surface area contributed by atoms with Gasteiger partial charge in [-0.2, -0.15) is 13.2 Å². The van der Waals surface area contributed by atoms with Gasteiger partial charge in [0.15, 0.2) is 0 Å². The van der Waals surface area contributed by atoms with Crippen molar-refractivity contribution < 1.29 is 27.6 Å². The standard InChI is InChI=1S/C27H28F3N5O3/c1-4-12-34-20-15-35(23(16(2)3)24(36)32-14-17-8-7-11-31-13-17)25(37)21(20)22(33-26(34)38)18-9-5-6-10-19(18)27(28,29)30/h4-11,13,16,22-23H,1,12,14-15H2,2-3H3,(H,32,36)(H,33,38)/t22-,23-/m0/s1. The summed E-state index contributed by atoms with van der Waals surface area (Å²) in [5.74, 6) is -1.35. The lowest BCUT2D eigenvalue weighted by molar-refractivity contribution is -0.139. The first-order valence-corrected chi connectivity index (χ1v) is 12.1. The van der Waals surface area contributed by atoms with Crippen molar-refractivity contribution >= 4 is 17.8 Å². The van der Waals surface area contributed by atoms with Crippen LogP contribution in [0, 0.1) is 5.92 Å². The number of carbonyl (C=O) groups is 3. The molecule has 38 heavy (non-hydrogen) atoms. The monoisotopic (exact) mass is 527 g/mol. The second-order valence-corrected chi connectivity index (χ2v) is 9.43. The van der Waals surface area contributed by atoms with Crippen LogP contribution in [0.3, 0.4) is 0 Å². The number of hydrogen-bond donors (Lipinski definition) is 2. The first-order valence-electron chi connectivity index (χ1n) is 12.1. The minimum atomic E-state index is -4.70. The Labute approximate surface area is 218 Å². The van der Waals surface area contributed by atoms with Gasteiger partial charge in [0.05, 0.1) is 29.4 Å². The highest BCUT2D eigenvalue weighted by Crippen LogP contribution is 2.42. The first-order chi connectivity index (χ1) is 18.0. The molecule has 3 heterocycles. The fraction of sp³-hybridized carbons (Fsp3) is 0.333. The quantitative estimate of drug-likeness (QED) is 0.511. The number of carbonyl (C=O) groups excluding carboxylic acids is 3. The Morgan fingerprint density at radius 1 is 1.24 bits per heavy atom. The van der Waals surface area contributed by atoms with Crippen molar-refractivity contribution in [1.29, 1.82) is 0 Å². The average Bonchev–Trinajstić information content (AvgIpc) is 3.20. The summed E-state index contributed by atoms with van der Waals surface area (Å²) in [6, 6.07) is 5.46. The largest absolute Gasteiger partial charge is 0.416 e. The summed E-state index contributed by atoms with van der Waals surface area (Å²) >= 11 is 0. The number of nitrogens with one attached hydrogen (secondary N) is 2. The Morgan fingerprint density at radius 2 is 1.97 bits per heavy atom. The number of amides is 4.